The van der Waals surface area contributed by atoms with E-state index >= 15 is 0 Å². The molecule has 2 aromatic carbocycles. The van der Waals surface area contributed by atoms with Crippen LogP contribution in [-0.4, -0.2) is 48.4 Å². The highest BCUT2D eigenvalue weighted by molar-refractivity contribution is 6.35. The number of hydrogen-bond acceptors (Lipinski definition) is 4. The van der Waals surface area contributed by atoms with E-state index in [4.69, 9.17) is 4.74 Å². The van der Waals surface area contributed by atoms with Gasteiger partial charge in [0.15, 0.2) is 0 Å². The number of rotatable bonds is 11. The summed E-state index contributed by atoms with van der Waals surface area (Å²) in [7, 11) is 1.88. The van der Waals surface area contributed by atoms with E-state index in [9.17, 15) is 9.59 Å². The Morgan fingerprint density at radius 2 is 1.66 bits per heavy atom. The number of benzene rings is 2. The van der Waals surface area contributed by atoms with Crippen LogP contribution in [0.2, 0.25) is 0 Å². The van der Waals surface area contributed by atoms with Crippen molar-refractivity contribution in [1.82, 2.24) is 9.80 Å². The Kier molecular flexibility index (Phi) is 8.23. The zero-order chi connectivity index (χ0) is 23.1. The Morgan fingerprint density at radius 3 is 2.34 bits per heavy atom. The molecule has 0 fully saturated rings. The summed E-state index contributed by atoms with van der Waals surface area (Å²) in [6.07, 6.45) is 2.74. The van der Waals surface area contributed by atoms with Crippen molar-refractivity contribution in [3.8, 4) is 0 Å². The first kappa shape index (κ1) is 23.7. The minimum atomic E-state index is -0.225. The number of nitrogens with zero attached hydrogens (tertiary/aromatic N) is 2. The second-order valence-electron chi connectivity index (χ2n) is 8.47. The summed E-state index contributed by atoms with van der Waals surface area (Å²) in [4.78, 5) is 30.2. The molecule has 1 heterocycles. The molecule has 2 aromatic rings. The molecule has 1 aliphatic heterocycles. The molecule has 0 saturated heterocycles. The van der Waals surface area contributed by atoms with E-state index in [1.54, 1.807) is 0 Å². The van der Waals surface area contributed by atoms with Crippen LogP contribution in [0.1, 0.15) is 48.4 Å². The number of carbonyl (C=O) groups excluding carboxylic acids is 2. The third-order valence-electron chi connectivity index (χ3n) is 5.75. The van der Waals surface area contributed by atoms with E-state index in [1.807, 2.05) is 68.3 Å². The summed E-state index contributed by atoms with van der Waals surface area (Å²) < 4.78 is 5.63. The van der Waals surface area contributed by atoms with Crippen molar-refractivity contribution < 1.29 is 14.3 Å². The third-order valence-corrected chi connectivity index (χ3v) is 5.75. The maximum absolute atomic E-state index is 13.5. The van der Waals surface area contributed by atoms with Crippen molar-refractivity contribution in [2.45, 2.75) is 46.6 Å². The average Bonchev–Trinajstić information content (AvgIpc) is 3.01. The van der Waals surface area contributed by atoms with Crippen LogP contribution >= 0.6 is 0 Å². The lowest BCUT2D eigenvalue weighted by atomic mass is 9.97. The molecular weight excluding hydrogens is 400 g/mol. The molecule has 0 aliphatic carbocycles. The molecule has 0 bridgehead atoms. The van der Waals surface area contributed by atoms with Gasteiger partial charge in [-0.3, -0.25) is 14.5 Å². The first-order chi connectivity index (χ1) is 15.4. The lowest BCUT2D eigenvalue weighted by Crippen LogP contribution is -2.35. The quantitative estimate of drug-likeness (QED) is 0.379. The largest absolute Gasteiger partial charge is 0.381 e. The molecular formula is C27H34N2O3. The van der Waals surface area contributed by atoms with Crippen LogP contribution in [0.5, 0.6) is 0 Å². The van der Waals surface area contributed by atoms with Gasteiger partial charge in [-0.25, -0.2) is 0 Å². The third kappa shape index (κ3) is 5.46. The van der Waals surface area contributed by atoms with Gasteiger partial charge in [-0.05, 0) is 43.4 Å². The number of likely N-dealkylation sites (N-methyl/N-ethyl adjacent to an activating group) is 1. The molecule has 0 saturated carbocycles. The summed E-state index contributed by atoms with van der Waals surface area (Å²) in [6, 6.07) is 16.0. The minimum absolute atomic E-state index is 0.217. The highest BCUT2D eigenvalue weighted by atomic mass is 16.5. The van der Waals surface area contributed by atoms with Gasteiger partial charge < -0.3 is 9.64 Å². The molecule has 0 unspecified atom stereocenters. The maximum atomic E-state index is 13.5. The average molecular weight is 435 g/mol. The van der Waals surface area contributed by atoms with E-state index in [0.717, 1.165) is 41.7 Å². The van der Waals surface area contributed by atoms with Crippen LogP contribution < -0.4 is 0 Å². The van der Waals surface area contributed by atoms with E-state index in [-0.39, 0.29) is 11.8 Å². The van der Waals surface area contributed by atoms with Gasteiger partial charge in [0.1, 0.15) is 5.70 Å². The molecule has 5 nitrogen and oxygen atoms in total. The van der Waals surface area contributed by atoms with Crippen LogP contribution in [0.15, 0.2) is 54.2 Å². The molecule has 0 aromatic heterocycles. The number of unbranched alkanes of at least 4 members (excludes halogenated alkanes) is 1. The normalized spacial score (nSPS) is 13.9. The van der Waals surface area contributed by atoms with Crippen LogP contribution in [-0.2, 0) is 20.9 Å². The molecule has 32 heavy (non-hydrogen) atoms. The highest BCUT2D eigenvalue weighted by Gasteiger charge is 2.40. The van der Waals surface area contributed by atoms with Crippen LogP contribution in [0.4, 0.5) is 0 Å². The minimum Gasteiger partial charge on any atom is -0.381 e. The Bertz CT molecular complexity index is 982. The van der Waals surface area contributed by atoms with Crippen molar-refractivity contribution in [2.24, 2.45) is 0 Å². The number of imide groups is 1. The summed E-state index contributed by atoms with van der Waals surface area (Å²) >= 11 is 0. The van der Waals surface area contributed by atoms with E-state index < -0.39 is 0 Å². The Balaban J connectivity index is 1.87. The fourth-order valence-electron chi connectivity index (χ4n) is 4.07. The number of hydrogen-bond donors (Lipinski definition) is 0. The van der Waals surface area contributed by atoms with E-state index in [2.05, 4.69) is 13.0 Å². The molecule has 170 valence electrons. The topological polar surface area (TPSA) is 49.9 Å². The smallest absolute Gasteiger partial charge is 0.277 e. The standard InChI is InChI=1S/C27H34N2O3/c1-5-6-16-32-17-10-15-29-26(30)24(23-14-13-20(2)18-21(23)3)25(27(29)31)28(4)19-22-11-8-7-9-12-22/h7-9,11-14,18H,5-6,10,15-17,19H2,1-4H3. The predicted octanol–water partition coefficient (Wildman–Crippen LogP) is 4.72. The van der Waals surface area contributed by atoms with Gasteiger partial charge in [-0.1, -0.05) is 67.4 Å². The molecule has 0 N–H and O–H groups in total. The fraction of sp³-hybridized carbons (Fsp3) is 0.407. The van der Waals surface area contributed by atoms with Gasteiger partial charge in [0.2, 0.25) is 0 Å². The Hall–Kier alpha value is -2.92. The SMILES string of the molecule is CCCCOCCCN1C(=O)C(c2ccc(C)cc2C)=C(N(C)Cc2ccccc2)C1=O. The molecule has 0 spiro atoms. The van der Waals surface area contributed by atoms with Crippen molar-refractivity contribution in [3.63, 3.8) is 0 Å². The molecule has 2 amide bonds. The molecule has 0 atom stereocenters. The van der Waals surface area contributed by atoms with E-state index in [1.165, 1.54) is 4.90 Å². The van der Waals surface area contributed by atoms with Gasteiger partial charge in [0.05, 0.1) is 5.57 Å². The number of carbonyl (C=O) groups is 2. The Labute approximate surface area is 191 Å². The van der Waals surface area contributed by atoms with E-state index in [0.29, 0.717) is 37.4 Å². The van der Waals surface area contributed by atoms with Crippen LogP contribution in [0, 0.1) is 13.8 Å². The first-order valence-corrected chi connectivity index (χ1v) is 11.4. The second-order valence-corrected chi connectivity index (χ2v) is 8.47. The Morgan fingerprint density at radius 1 is 0.938 bits per heavy atom. The summed E-state index contributed by atoms with van der Waals surface area (Å²) in [5.41, 5.74) is 5.01. The second kappa shape index (κ2) is 11.1. The van der Waals surface area contributed by atoms with Crippen molar-refractivity contribution >= 4 is 17.4 Å². The molecule has 0 radical (unpaired) electrons. The molecule has 3 rings (SSSR count). The van der Waals surface area contributed by atoms with Gasteiger partial charge in [0.25, 0.3) is 11.8 Å². The lowest BCUT2D eigenvalue weighted by molar-refractivity contribution is -0.137. The zero-order valence-electron chi connectivity index (χ0n) is 19.7. The lowest BCUT2D eigenvalue weighted by Gasteiger charge is -2.22. The van der Waals surface area contributed by atoms with Crippen molar-refractivity contribution in [2.75, 3.05) is 26.8 Å². The summed E-state index contributed by atoms with van der Waals surface area (Å²) in [5, 5.41) is 0. The van der Waals surface area contributed by atoms with Crippen molar-refractivity contribution in [1.29, 1.82) is 0 Å². The summed E-state index contributed by atoms with van der Waals surface area (Å²) in [5.74, 6) is -0.442. The number of ether oxygens (including phenoxy) is 1. The predicted molar refractivity (Wildman–Crippen MR) is 128 cm³/mol. The van der Waals surface area contributed by atoms with Gasteiger partial charge in [0, 0.05) is 33.4 Å². The molecule has 1 aliphatic rings. The highest BCUT2D eigenvalue weighted by Crippen LogP contribution is 2.33. The maximum Gasteiger partial charge on any atom is 0.277 e. The number of amides is 2. The van der Waals surface area contributed by atoms with Crippen LogP contribution in [0.3, 0.4) is 0 Å². The van der Waals surface area contributed by atoms with Crippen molar-refractivity contribution in [3.05, 3.63) is 76.5 Å². The zero-order valence-corrected chi connectivity index (χ0v) is 19.7. The number of aryl methyl sites for hydroxylation is 2. The van der Waals surface area contributed by atoms with Gasteiger partial charge >= 0.3 is 0 Å². The summed E-state index contributed by atoms with van der Waals surface area (Å²) in [6.45, 7) is 8.32. The fourth-order valence-corrected chi connectivity index (χ4v) is 4.07. The van der Waals surface area contributed by atoms with Gasteiger partial charge in [-0.15, -0.1) is 0 Å². The molecule has 5 heteroatoms. The first-order valence-electron chi connectivity index (χ1n) is 11.4. The van der Waals surface area contributed by atoms with Crippen LogP contribution in [0.25, 0.3) is 5.57 Å². The monoisotopic (exact) mass is 434 g/mol. The van der Waals surface area contributed by atoms with Gasteiger partial charge in [-0.2, -0.15) is 0 Å².